The van der Waals surface area contributed by atoms with Crippen LogP contribution >= 0.6 is 0 Å². The van der Waals surface area contributed by atoms with E-state index in [0.717, 1.165) is 12.3 Å². The van der Waals surface area contributed by atoms with Gasteiger partial charge < -0.3 is 13.9 Å². The van der Waals surface area contributed by atoms with Crippen LogP contribution < -0.4 is 14.3 Å². The smallest absolute Gasteiger partial charge is 0.433 e. The lowest BCUT2D eigenvalue weighted by Crippen LogP contribution is -2.19. The van der Waals surface area contributed by atoms with Crippen LogP contribution in [0.25, 0.3) is 0 Å². The number of methoxy groups -OCH3 is 2. The Morgan fingerprint density at radius 1 is 1.25 bits per heavy atom. The van der Waals surface area contributed by atoms with Gasteiger partial charge in [-0.2, -0.15) is 18.4 Å². The van der Waals surface area contributed by atoms with Crippen molar-refractivity contribution in [2.24, 2.45) is 5.10 Å². The number of benzene rings is 1. The van der Waals surface area contributed by atoms with Crippen molar-refractivity contribution in [3.05, 3.63) is 46.2 Å². The SMILES string of the molecule is COc1ccc(OC)c(S(=O)(=O)N/N=C/c2ccc([N+](=O)[O-])o2)c1. The Morgan fingerprint density at radius 3 is 2.58 bits per heavy atom. The molecule has 0 spiro atoms. The number of sulfonamides is 1. The second-order valence-corrected chi connectivity index (χ2v) is 5.93. The summed E-state index contributed by atoms with van der Waals surface area (Å²) < 4.78 is 39.4. The van der Waals surface area contributed by atoms with Crippen molar-refractivity contribution in [2.75, 3.05) is 14.2 Å². The van der Waals surface area contributed by atoms with Crippen LogP contribution in [-0.2, 0) is 10.0 Å². The number of hydrogen-bond donors (Lipinski definition) is 1. The van der Waals surface area contributed by atoms with Crippen LogP contribution in [0.2, 0.25) is 0 Å². The molecule has 2 rings (SSSR count). The van der Waals surface area contributed by atoms with Gasteiger partial charge in [0, 0.05) is 6.07 Å². The summed E-state index contributed by atoms with van der Waals surface area (Å²) in [6.07, 6.45) is 0.997. The predicted molar refractivity (Wildman–Crippen MR) is 82.8 cm³/mol. The van der Waals surface area contributed by atoms with Crippen molar-refractivity contribution in [2.45, 2.75) is 4.90 Å². The molecule has 0 unspecified atom stereocenters. The van der Waals surface area contributed by atoms with E-state index >= 15 is 0 Å². The van der Waals surface area contributed by atoms with Gasteiger partial charge in [-0.15, -0.1) is 0 Å². The highest BCUT2D eigenvalue weighted by Gasteiger charge is 2.20. The largest absolute Gasteiger partial charge is 0.497 e. The molecule has 0 aliphatic rings. The van der Waals surface area contributed by atoms with Crippen molar-refractivity contribution in [3.63, 3.8) is 0 Å². The number of rotatable bonds is 7. The fourth-order valence-electron chi connectivity index (χ4n) is 1.71. The first-order valence-electron chi connectivity index (χ1n) is 6.38. The molecule has 1 aromatic heterocycles. The first-order chi connectivity index (χ1) is 11.4. The molecular weight excluding hydrogens is 342 g/mol. The van der Waals surface area contributed by atoms with E-state index < -0.39 is 20.8 Å². The predicted octanol–water partition coefficient (Wildman–Crippen LogP) is 1.52. The van der Waals surface area contributed by atoms with Gasteiger partial charge in [0.15, 0.2) is 5.76 Å². The molecule has 0 bridgehead atoms. The highest BCUT2D eigenvalue weighted by atomic mass is 32.2. The van der Waals surface area contributed by atoms with Crippen LogP contribution in [0.3, 0.4) is 0 Å². The second kappa shape index (κ2) is 7.00. The van der Waals surface area contributed by atoms with E-state index in [9.17, 15) is 18.5 Å². The zero-order valence-electron chi connectivity index (χ0n) is 12.6. The Morgan fingerprint density at radius 2 is 2.00 bits per heavy atom. The number of nitrogens with one attached hydrogen (secondary N) is 1. The number of nitrogens with zero attached hydrogens (tertiary/aromatic N) is 2. The maximum Gasteiger partial charge on any atom is 0.433 e. The molecule has 0 radical (unpaired) electrons. The Hall–Kier alpha value is -3.08. The summed E-state index contributed by atoms with van der Waals surface area (Å²) in [4.78, 5) is 11.6. The van der Waals surface area contributed by atoms with Gasteiger partial charge in [-0.25, -0.2) is 0 Å². The van der Waals surface area contributed by atoms with Gasteiger partial charge in [0.25, 0.3) is 10.0 Å². The Labute approximate surface area is 136 Å². The minimum absolute atomic E-state index is 0.0157. The minimum Gasteiger partial charge on any atom is -0.497 e. The monoisotopic (exact) mass is 355 g/mol. The van der Waals surface area contributed by atoms with Crippen LogP contribution in [0.15, 0.2) is 44.7 Å². The van der Waals surface area contributed by atoms with E-state index in [1.807, 2.05) is 4.83 Å². The zero-order valence-corrected chi connectivity index (χ0v) is 13.4. The molecule has 0 aliphatic carbocycles. The summed E-state index contributed by atoms with van der Waals surface area (Å²) in [6.45, 7) is 0. The standard InChI is InChI=1S/C13H13N3O7S/c1-21-9-3-5-11(22-2)12(7-9)24(19,20)15-14-8-10-4-6-13(23-10)16(17)18/h3-8,15H,1-2H3/b14-8+. The molecule has 10 nitrogen and oxygen atoms in total. The molecular formula is C13H13N3O7S. The van der Waals surface area contributed by atoms with Crippen molar-refractivity contribution in [1.29, 1.82) is 0 Å². The topological polar surface area (TPSA) is 133 Å². The van der Waals surface area contributed by atoms with Crippen molar-refractivity contribution in [3.8, 4) is 11.5 Å². The van der Waals surface area contributed by atoms with Gasteiger partial charge in [-0.1, -0.05) is 0 Å². The molecule has 11 heteroatoms. The van der Waals surface area contributed by atoms with E-state index in [-0.39, 0.29) is 16.4 Å². The van der Waals surface area contributed by atoms with E-state index in [1.165, 1.54) is 32.4 Å². The van der Waals surface area contributed by atoms with Crippen molar-refractivity contribution >= 4 is 22.1 Å². The lowest BCUT2D eigenvalue weighted by Gasteiger charge is -2.10. The Balaban J connectivity index is 2.21. The van der Waals surface area contributed by atoms with Gasteiger partial charge >= 0.3 is 5.88 Å². The summed E-state index contributed by atoms with van der Waals surface area (Å²) >= 11 is 0. The van der Waals surface area contributed by atoms with Gasteiger partial charge in [0.05, 0.1) is 26.5 Å². The normalized spacial score (nSPS) is 11.4. The maximum absolute atomic E-state index is 12.3. The molecule has 0 saturated carbocycles. The zero-order chi connectivity index (χ0) is 17.7. The number of hydrazone groups is 1. The number of furan rings is 1. The van der Waals surface area contributed by atoms with E-state index in [1.54, 1.807) is 6.07 Å². The number of ether oxygens (including phenoxy) is 2. The third-order valence-electron chi connectivity index (χ3n) is 2.82. The van der Waals surface area contributed by atoms with Crippen molar-refractivity contribution in [1.82, 2.24) is 4.83 Å². The van der Waals surface area contributed by atoms with Crippen LogP contribution in [0, 0.1) is 10.1 Å². The summed E-state index contributed by atoms with van der Waals surface area (Å²) in [5.41, 5.74) is 0. The lowest BCUT2D eigenvalue weighted by atomic mass is 10.3. The lowest BCUT2D eigenvalue weighted by molar-refractivity contribution is -0.402. The summed E-state index contributed by atoms with van der Waals surface area (Å²) in [7, 11) is -1.32. The fraction of sp³-hybridized carbons (Fsp3) is 0.154. The molecule has 1 heterocycles. The number of nitro groups is 1. The van der Waals surface area contributed by atoms with Gasteiger partial charge in [-0.3, -0.25) is 10.1 Å². The second-order valence-electron chi connectivity index (χ2n) is 4.30. The summed E-state index contributed by atoms with van der Waals surface area (Å²) in [6, 6.07) is 6.66. The molecule has 2 aromatic rings. The molecule has 0 saturated heterocycles. The highest BCUT2D eigenvalue weighted by Crippen LogP contribution is 2.27. The quantitative estimate of drug-likeness (QED) is 0.452. The van der Waals surface area contributed by atoms with Gasteiger partial charge in [-0.05, 0) is 18.2 Å². The molecule has 24 heavy (non-hydrogen) atoms. The molecule has 128 valence electrons. The Kier molecular flexibility index (Phi) is 5.04. The van der Waals surface area contributed by atoms with E-state index in [0.29, 0.717) is 5.75 Å². The maximum atomic E-state index is 12.3. The van der Waals surface area contributed by atoms with Crippen LogP contribution in [0.1, 0.15) is 5.76 Å². The summed E-state index contributed by atoms with van der Waals surface area (Å²) in [5, 5.41) is 14.0. The van der Waals surface area contributed by atoms with E-state index in [4.69, 9.17) is 13.9 Å². The molecule has 0 fully saturated rings. The molecule has 1 N–H and O–H groups in total. The molecule has 0 amide bonds. The third kappa shape index (κ3) is 3.81. The van der Waals surface area contributed by atoms with Gasteiger partial charge in [0.1, 0.15) is 21.3 Å². The third-order valence-corrected chi connectivity index (χ3v) is 4.06. The van der Waals surface area contributed by atoms with Crippen LogP contribution in [0.5, 0.6) is 11.5 Å². The minimum atomic E-state index is -4.04. The first-order valence-corrected chi connectivity index (χ1v) is 7.87. The highest BCUT2D eigenvalue weighted by molar-refractivity contribution is 7.89. The van der Waals surface area contributed by atoms with E-state index in [2.05, 4.69) is 5.10 Å². The summed E-state index contributed by atoms with van der Waals surface area (Å²) in [5.74, 6) is -0.0373. The van der Waals surface area contributed by atoms with Gasteiger partial charge in [0.2, 0.25) is 0 Å². The van der Waals surface area contributed by atoms with Crippen LogP contribution in [0.4, 0.5) is 5.88 Å². The van der Waals surface area contributed by atoms with Crippen molar-refractivity contribution < 1.29 is 27.2 Å². The molecule has 1 aromatic carbocycles. The molecule has 0 atom stereocenters. The average Bonchev–Trinajstić information content (AvgIpc) is 3.03. The average molecular weight is 355 g/mol. The first kappa shape index (κ1) is 17.3. The fourth-order valence-corrected chi connectivity index (χ4v) is 2.69. The number of hydrogen-bond acceptors (Lipinski definition) is 8. The van der Waals surface area contributed by atoms with Crippen LogP contribution in [-0.4, -0.2) is 33.8 Å². The Bertz CT molecular complexity index is 873. The molecule has 0 aliphatic heterocycles.